The van der Waals surface area contributed by atoms with Crippen molar-refractivity contribution >= 4 is 11.9 Å². The van der Waals surface area contributed by atoms with Crippen LogP contribution < -0.4 is 15.6 Å². The molecule has 0 radical (unpaired) electrons. The molecule has 2 heterocycles. The van der Waals surface area contributed by atoms with E-state index in [1.54, 1.807) is 18.2 Å². The highest BCUT2D eigenvalue weighted by atomic mass is 16.5. The summed E-state index contributed by atoms with van der Waals surface area (Å²) in [6, 6.07) is 4.76. The number of hydrogen-bond acceptors (Lipinski definition) is 6. The summed E-state index contributed by atoms with van der Waals surface area (Å²) >= 11 is 0. The van der Waals surface area contributed by atoms with E-state index in [4.69, 9.17) is 9.15 Å². The van der Waals surface area contributed by atoms with Crippen molar-refractivity contribution in [2.75, 3.05) is 12.5 Å². The van der Waals surface area contributed by atoms with Gasteiger partial charge in [0.25, 0.3) is 0 Å². The minimum Gasteiger partial charge on any atom is -0.481 e. The maximum Gasteiger partial charge on any atom is 0.305 e. The minimum absolute atomic E-state index is 0.195. The largest absolute Gasteiger partial charge is 0.481 e. The van der Waals surface area contributed by atoms with Gasteiger partial charge in [-0.15, -0.1) is 0 Å². The van der Waals surface area contributed by atoms with E-state index < -0.39 is 5.91 Å². The van der Waals surface area contributed by atoms with Crippen molar-refractivity contribution in [3.8, 4) is 5.88 Å². The van der Waals surface area contributed by atoms with Gasteiger partial charge in [-0.05, 0) is 12.1 Å². The third-order valence-corrected chi connectivity index (χ3v) is 1.87. The number of amides is 1. The first kappa shape index (κ1) is 10.9. The maximum absolute atomic E-state index is 11.5. The highest BCUT2D eigenvalue weighted by Gasteiger charge is 2.08. The molecule has 0 fully saturated rings. The maximum atomic E-state index is 11.5. The molecule has 7 heteroatoms. The molecule has 1 amide bonds. The van der Waals surface area contributed by atoms with Gasteiger partial charge in [-0.25, -0.2) is 4.98 Å². The van der Waals surface area contributed by atoms with Crippen LogP contribution in [-0.4, -0.2) is 23.0 Å². The molecule has 17 heavy (non-hydrogen) atoms. The molecule has 0 bridgehead atoms. The summed E-state index contributed by atoms with van der Waals surface area (Å²) < 4.78 is 9.82. The fourth-order valence-corrected chi connectivity index (χ4v) is 1.10. The molecule has 2 N–H and O–H groups in total. The van der Waals surface area contributed by atoms with Crippen LogP contribution >= 0.6 is 0 Å². The second kappa shape index (κ2) is 4.97. The Morgan fingerprint density at radius 3 is 3.06 bits per heavy atom. The number of nitrogens with one attached hydrogen (secondary N) is 2. The molecule has 2 aromatic rings. The lowest BCUT2D eigenvalue weighted by Gasteiger charge is -2.05. The van der Waals surface area contributed by atoms with Crippen molar-refractivity contribution in [2.24, 2.45) is 0 Å². The van der Waals surface area contributed by atoms with Crippen LogP contribution in [0, 0.1) is 0 Å². The average molecular weight is 234 g/mol. The molecule has 0 atom stereocenters. The van der Waals surface area contributed by atoms with Crippen LogP contribution in [0.5, 0.6) is 5.88 Å². The second-order valence-electron chi connectivity index (χ2n) is 2.98. The van der Waals surface area contributed by atoms with Crippen LogP contribution in [-0.2, 0) is 0 Å². The fourth-order valence-electron chi connectivity index (χ4n) is 1.10. The number of anilines is 1. The van der Waals surface area contributed by atoms with E-state index in [2.05, 4.69) is 20.8 Å². The fraction of sp³-hybridized carbons (Fsp3) is 0.100. The molecule has 2 aromatic heterocycles. The van der Waals surface area contributed by atoms with Crippen LogP contribution in [0.25, 0.3) is 0 Å². The van der Waals surface area contributed by atoms with E-state index in [1.807, 2.05) is 0 Å². The van der Waals surface area contributed by atoms with Gasteiger partial charge >= 0.3 is 5.91 Å². The second-order valence-corrected chi connectivity index (χ2v) is 2.98. The predicted octanol–water partition coefficient (Wildman–Crippen LogP) is 0.835. The van der Waals surface area contributed by atoms with Crippen LogP contribution in [0.4, 0.5) is 5.95 Å². The third-order valence-electron chi connectivity index (χ3n) is 1.87. The number of nitrogens with zero attached hydrogens (tertiary/aromatic N) is 2. The molecule has 0 saturated carbocycles. The Morgan fingerprint density at radius 1 is 1.47 bits per heavy atom. The van der Waals surface area contributed by atoms with Crippen molar-refractivity contribution in [1.82, 2.24) is 15.4 Å². The van der Waals surface area contributed by atoms with Crippen LogP contribution in [0.3, 0.4) is 0 Å². The Balaban J connectivity index is 1.95. The normalized spacial score (nSPS) is 9.71. The van der Waals surface area contributed by atoms with E-state index in [-0.39, 0.29) is 11.7 Å². The van der Waals surface area contributed by atoms with E-state index in [0.717, 1.165) is 0 Å². The number of aromatic nitrogens is 2. The van der Waals surface area contributed by atoms with Crippen molar-refractivity contribution in [1.29, 1.82) is 0 Å². The summed E-state index contributed by atoms with van der Waals surface area (Å²) in [4.78, 5) is 19.3. The molecule has 2 rings (SSSR count). The van der Waals surface area contributed by atoms with E-state index in [0.29, 0.717) is 5.88 Å². The van der Waals surface area contributed by atoms with Gasteiger partial charge in [0.1, 0.15) is 0 Å². The first-order valence-corrected chi connectivity index (χ1v) is 4.76. The molecule has 0 aliphatic heterocycles. The molecule has 0 saturated heterocycles. The third kappa shape index (κ3) is 2.71. The highest BCUT2D eigenvalue weighted by Crippen LogP contribution is 2.06. The van der Waals surface area contributed by atoms with Gasteiger partial charge in [0.2, 0.25) is 11.8 Å². The first-order valence-electron chi connectivity index (χ1n) is 4.76. The number of carbonyl (C=O) groups is 1. The van der Waals surface area contributed by atoms with Gasteiger partial charge in [-0.1, -0.05) is 0 Å². The summed E-state index contributed by atoms with van der Waals surface area (Å²) in [5.41, 5.74) is 4.94. The molecule has 88 valence electrons. The molecule has 7 nitrogen and oxygen atoms in total. The number of hydrazine groups is 1. The smallest absolute Gasteiger partial charge is 0.305 e. The number of ether oxygens (including phenoxy) is 1. The van der Waals surface area contributed by atoms with Crippen molar-refractivity contribution in [3.63, 3.8) is 0 Å². The molecular formula is C10H10N4O3. The summed E-state index contributed by atoms with van der Waals surface area (Å²) in [5, 5.41) is 0. The Morgan fingerprint density at radius 2 is 2.35 bits per heavy atom. The molecule has 0 spiro atoms. The van der Waals surface area contributed by atoms with Gasteiger partial charge in [0.05, 0.1) is 13.4 Å². The van der Waals surface area contributed by atoms with Gasteiger partial charge < -0.3 is 9.15 Å². The lowest BCUT2D eigenvalue weighted by atomic mass is 10.4. The topological polar surface area (TPSA) is 89.3 Å². The van der Waals surface area contributed by atoms with E-state index in [1.165, 1.54) is 19.6 Å². The van der Waals surface area contributed by atoms with Crippen molar-refractivity contribution < 1.29 is 13.9 Å². The minimum atomic E-state index is -0.415. The molecule has 0 aliphatic carbocycles. The zero-order valence-corrected chi connectivity index (χ0v) is 9.01. The van der Waals surface area contributed by atoms with Gasteiger partial charge in [0.15, 0.2) is 5.76 Å². The molecular weight excluding hydrogens is 224 g/mol. The number of carbonyl (C=O) groups excluding carboxylic acids is 1. The van der Waals surface area contributed by atoms with Crippen molar-refractivity contribution in [2.45, 2.75) is 0 Å². The number of hydrogen-bond donors (Lipinski definition) is 2. The molecule has 0 aromatic carbocycles. The van der Waals surface area contributed by atoms with E-state index >= 15 is 0 Å². The lowest BCUT2D eigenvalue weighted by Crippen LogP contribution is -2.29. The highest BCUT2D eigenvalue weighted by molar-refractivity contribution is 5.91. The quantitative estimate of drug-likeness (QED) is 0.762. The standard InChI is InChI=1S/C10H10N4O3/c1-16-8-4-5-11-10(12-8)14-13-9(15)7-3-2-6-17-7/h2-6H,1H3,(H,13,15)(H,11,12,14). The van der Waals surface area contributed by atoms with Crippen LogP contribution in [0.1, 0.15) is 10.6 Å². The van der Waals surface area contributed by atoms with Crippen LogP contribution in [0.15, 0.2) is 35.1 Å². The number of rotatable bonds is 4. The monoisotopic (exact) mass is 234 g/mol. The Labute approximate surface area is 96.8 Å². The predicted molar refractivity (Wildman–Crippen MR) is 58.4 cm³/mol. The van der Waals surface area contributed by atoms with Gasteiger partial charge in [0, 0.05) is 12.3 Å². The zero-order valence-electron chi connectivity index (χ0n) is 9.01. The van der Waals surface area contributed by atoms with Gasteiger partial charge in [-0.2, -0.15) is 4.98 Å². The number of furan rings is 1. The van der Waals surface area contributed by atoms with E-state index in [9.17, 15) is 4.79 Å². The van der Waals surface area contributed by atoms with Crippen LogP contribution in [0.2, 0.25) is 0 Å². The SMILES string of the molecule is COc1ccnc(NNC(=O)c2ccco2)n1. The average Bonchev–Trinajstić information content (AvgIpc) is 2.90. The van der Waals surface area contributed by atoms with Gasteiger partial charge in [-0.3, -0.25) is 15.6 Å². The molecule has 0 unspecified atom stereocenters. The Bertz CT molecular complexity index is 498. The number of methoxy groups -OCH3 is 1. The first-order chi connectivity index (χ1) is 8.29. The zero-order chi connectivity index (χ0) is 12.1. The molecule has 0 aliphatic rings. The van der Waals surface area contributed by atoms with Crippen molar-refractivity contribution in [3.05, 3.63) is 36.4 Å². The Kier molecular flexibility index (Phi) is 3.20. The lowest BCUT2D eigenvalue weighted by molar-refractivity contribution is 0.0935. The summed E-state index contributed by atoms with van der Waals surface area (Å²) in [6.07, 6.45) is 2.92. The summed E-state index contributed by atoms with van der Waals surface area (Å²) in [5.74, 6) is 0.404. The summed E-state index contributed by atoms with van der Waals surface area (Å²) in [7, 11) is 1.49. The summed E-state index contributed by atoms with van der Waals surface area (Å²) in [6.45, 7) is 0. The Hall–Kier alpha value is -2.57.